The van der Waals surface area contributed by atoms with Crippen molar-refractivity contribution < 1.29 is 14.3 Å². The van der Waals surface area contributed by atoms with Crippen molar-refractivity contribution in [1.82, 2.24) is 10.3 Å². The van der Waals surface area contributed by atoms with Crippen LogP contribution in [0.25, 0.3) is 10.9 Å². The lowest BCUT2D eigenvalue weighted by Crippen LogP contribution is -2.16. The quantitative estimate of drug-likeness (QED) is 0.271. The predicted molar refractivity (Wildman–Crippen MR) is 138 cm³/mol. The molecule has 0 saturated carbocycles. The molecule has 4 aromatic rings. The van der Waals surface area contributed by atoms with Crippen LogP contribution in [0.5, 0.6) is 0 Å². The van der Waals surface area contributed by atoms with E-state index in [1.165, 1.54) is 11.3 Å². The van der Waals surface area contributed by atoms with Gasteiger partial charge in [0.1, 0.15) is 17.2 Å². The summed E-state index contributed by atoms with van der Waals surface area (Å²) < 4.78 is 5.04. The Kier molecular flexibility index (Phi) is 6.32. The highest BCUT2D eigenvalue weighted by Crippen LogP contribution is 2.26. The molecule has 2 aromatic carbocycles. The van der Waals surface area contributed by atoms with Gasteiger partial charge in [0.05, 0.1) is 16.9 Å². The molecule has 35 heavy (non-hydrogen) atoms. The molecule has 5 rings (SSSR count). The highest BCUT2D eigenvalue weighted by atomic mass is 32.1. The van der Waals surface area contributed by atoms with Crippen molar-refractivity contribution in [2.45, 2.75) is 6.54 Å². The zero-order valence-corrected chi connectivity index (χ0v) is 19.7. The fraction of sp³-hybridized carbons (Fsp3) is 0.115. The molecule has 0 spiro atoms. The number of nitrogens with one attached hydrogen (secondary N) is 4. The maximum Gasteiger partial charge on any atom is 0.356 e. The number of nitrogens with zero attached hydrogens (tertiary/aromatic N) is 1. The molecule has 1 aliphatic rings. The third kappa shape index (κ3) is 4.80. The molecule has 2 aromatic heterocycles. The van der Waals surface area contributed by atoms with E-state index in [-0.39, 0.29) is 18.5 Å². The first-order chi connectivity index (χ1) is 17.1. The Hall–Kier alpha value is -4.37. The number of para-hydroxylation sites is 1. The summed E-state index contributed by atoms with van der Waals surface area (Å²) in [6.45, 7) is 0.772. The van der Waals surface area contributed by atoms with Gasteiger partial charge in [-0.05, 0) is 53.4 Å². The van der Waals surface area contributed by atoms with Crippen LogP contribution in [-0.4, -0.2) is 30.5 Å². The van der Waals surface area contributed by atoms with Crippen LogP contribution in [0.2, 0.25) is 0 Å². The van der Waals surface area contributed by atoms with Gasteiger partial charge in [-0.1, -0.05) is 18.2 Å². The number of esters is 1. The van der Waals surface area contributed by atoms with Crippen LogP contribution in [0.1, 0.15) is 15.2 Å². The van der Waals surface area contributed by atoms with Gasteiger partial charge in [-0.25, -0.2) is 4.79 Å². The third-order valence-electron chi connectivity index (χ3n) is 5.62. The number of fused-ring (bicyclic) bond motifs is 1. The molecule has 4 N–H and O–H groups in total. The average Bonchev–Trinajstić information content (AvgIpc) is 3.50. The molecule has 1 aliphatic heterocycles. The van der Waals surface area contributed by atoms with E-state index in [0.717, 1.165) is 27.8 Å². The second-order valence-electron chi connectivity index (χ2n) is 7.84. The van der Waals surface area contributed by atoms with E-state index in [1.807, 2.05) is 53.9 Å². The van der Waals surface area contributed by atoms with Crippen LogP contribution in [-0.2, 0) is 16.1 Å². The minimum absolute atomic E-state index is 0.183. The number of hydrogen-bond donors (Lipinski definition) is 4. The number of carbonyl (C=O) groups is 2. The predicted octanol–water partition coefficient (Wildman–Crippen LogP) is 4.56. The SMILES string of the molecule is CNC1=C(Nc2ccc(NC(=O)c3sccc3NCc3ccnc4ccccc34)cc2)COC1=O. The minimum Gasteiger partial charge on any atom is -0.454 e. The zero-order valence-electron chi connectivity index (χ0n) is 18.9. The van der Waals surface area contributed by atoms with Crippen molar-refractivity contribution in [2.75, 3.05) is 29.6 Å². The van der Waals surface area contributed by atoms with Crippen LogP contribution in [0.3, 0.4) is 0 Å². The number of cyclic esters (lactones) is 1. The van der Waals surface area contributed by atoms with Crippen molar-refractivity contribution in [1.29, 1.82) is 0 Å². The number of benzene rings is 2. The fourth-order valence-corrected chi connectivity index (χ4v) is 4.65. The van der Waals surface area contributed by atoms with Crippen LogP contribution < -0.4 is 21.3 Å². The van der Waals surface area contributed by atoms with Gasteiger partial charge in [-0.15, -0.1) is 11.3 Å². The average molecular weight is 486 g/mol. The second-order valence-corrected chi connectivity index (χ2v) is 8.76. The highest BCUT2D eigenvalue weighted by Gasteiger charge is 2.23. The Morgan fingerprint density at radius 1 is 1.06 bits per heavy atom. The molecule has 0 aliphatic carbocycles. The van der Waals surface area contributed by atoms with E-state index in [0.29, 0.717) is 28.5 Å². The summed E-state index contributed by atoms with van der Waals surface area (Å²) in [4.78, 5) is 29.6. The summed E-state index contributed by atoms with van der Waals surface area (Å²) in [5.74, 6) is -0.561. The molecule has 0 fully saturated rings. The lowest BCUT2D eigenvalue weighted by Gasteiger charge is -2.11. The second kappa shape index (κ2) is 9.86. The number of ether oxygens (including phenoxy) is 1. The molecule has 0 bridgehead atoms. The van der Waals surface area contributed by atoms with Crippen LogP contribution in [0.15, 0.2) is 83.6 Å². The normalized spacial score (nSPS) is 13.0. The van der Waals surface area contributed by atoms with Gasteiger partial charge in [0.15, 0.2) is 0 Å². The summed E-state index contributed by atoms with van der Waals surface area (Å²) in [7, 11) is 1.68. The van der Waals surface area contributed by atoms with Crippen molar-refractivity contribution in [3.8, 4) is 0 Å². The molecular formula is C26H23N5O3S. The van der Waals surface area contributed by atoms with Gasteiger partial charge in [0.25, 0.3) is 5.91 Å². The van der Waals surface area contributed by atoms with Gasteiger partial charge >= 0.3 is 5.97 Å². The maximum absolute atomic E-state index is 13.0. The molecule has 0 unspecified atom stereocenters. The highest BCUT2D eigenvalue weighted by molar-refractivity contribution is 7.12. The number of amides is 1. The summed E-state index contributed by atoms with van der Waals surface area (Å²) in [6, 6.07) is 19.2. The van der Waals surface area contributed by atoms with E-state index in [4.69, 9.17) is 4.74 Å². The molecule has 9 heteroatoms. The molecule has 3 heterocycles. The van der Waals surface area contributed by atoms with E-state index >= 15 is 0 Å². The summed E-state index contributed by atoms with van der Waals surface area (Å²) >= 11 is 1.38. The molecule has 1 amide bonds. The largest absolute Gasteiger partial charge is 0.454 e. The number of pyridine rings is 1. The number of likely N-dealkylation sites (N-methyl/N-ethyl adjacent to an activating group) is 1. The number of carbonyl (C=O) groups excluding carboxylic acids is 2. The van der Waals surface area contributed by atoms with Gasteiger partial charge in [0, 0.05) is 36.6 Å². The Labute approximate surface area is 206 Å². The number of anilines is 3. The Morgan fingerprint density at radius 2 is 1.86 bits per heavy atom. The Morgan fingerprint density at radius 3 is 2.69 bits per heavy atom. The van der Waals surface area contributed by atoms with Gasteiger partial charge in [-0.2, -0.15) is 0 Å². The maximum atomic E-state index is 13.0. The number of rotatable bonds is 8. The van der Waals surface area contributed by atoms with Crippen molar-refractivity contribution in [2.24, 2.45) is 0 Å². The first-order valence-electron chi connectivity index (χ1n) is 11.0. The van der Waals surface area contributed by atoms with E-state index < -0.39 is 0 Å². The van der Waals surface area contributed by atoms with Crippen LogP contribution in [0, 0.1) is 0 Å². The topological polar surface area (TPSA) is 104 Å². The molecule has 176 valence electrons. The smallest absolute Gasteiger partial charge is 0.356 e. The first kappa shape index (κ1) is 22.4. The summed E-state index contributed by atoms with van der Waals surface area (Å²) in [5, 5.41) is 15.4. The van der Waals surface area contributed by atoms with E-state index in [9.17, 15) is 9.59 Å². The molecule has 0 radical (unpaired) electrons. The van der Waals surface area contributed by atoms with Crippen LogP contribution >= 0.6 is 11.3 Å². The van der Waals surface area contributed by atoms with Gasteiger partial charge < -0.3 is 26.0 Å². The molecular weight excluding hydrogens is 462 g/mol. The summed E-state index contributed by atoms with van der Waals surface area (Å²) in [5.41, 5.74) is 5.38. The number of aromatic nitrogens is 1. The van der Waals surface area contributed by atoms with Crippen LogP contribution in [0.4, 0.5) is 17.1 Å². The van der Waals surface area contributed by atoms with E-state index in [2.05, 4.69) is 26.3 Å². The standard InChI is InChI=1S/C26H23N5O3S/c1-27-23-22(15-34-26(23)33)30-17-6-8-18(9-7-17)31-25(32)24-21(11-13-35-24)29-14-16-10-12-28-20-5-3-2-4-19(16)20/h2-13,27,29-30H,14-15H2,1H3,(H,31,32). The van der Waals surface area contributed by atoms with Crippen molar-refractivity contribution in [3.63, 3.8) is 0 Å². The number of hydrogen-bond acceptors (Lipinski definition) is 8. The Bertz CT molecular complexity index is 1420. The lowest BCUT2D eigenvalue weighted by molar-refractivity contribution is -0.136. The Balaban J connectivity index is 1.24. The third-order valence-corrected chi connectivity index (χ3v) is 6.53. The van der Waals surface area contributed by atoms with Gasteiger partial charge in [-0.3, -0.25) is 9.78 Å². The fourth-order valence-electron chi connectivity index (χ4n) is 3.88. The van der Waals surface area contributed by atoms with Crippen molar-refractivity contribution >= 4 is 51.2 Å². The van der Waals surface area contributed by atoms with E-state index in [1.54, 1.807) is 25.4 Å². The molecule has 8 nitrogen and oxygen atoms in total. The monoisotopic (exact) mass is 485 g/mol. The number of thiophene rings is 1. The zero-order chi connectivity index (χ0) is 24.2. The first-order valence-corrected chi connectivity index (χ1v) is 11.9. The molecule has 0 saturated heterocycles. The summed E-state index contributed by atoms with van der Waals surface area (Å²) in [6.07, 6.45) is 1.80. The van der Waals surface area contributed by atoms with Gasteiger partial charge in [0.2, 0.25) is 0 Å². The lowest BCUT2D eigenvalue weighted by atomic mass is 10.1. The van der Waals surface area contributed by atoms with Crippen molar-refractivity contribution in [3.05, 3.63) is 94.1 Å². The molecule has 0 atom stereocenters. The minimum atomic E-state index is -0.378.